The first-order chi connectivity index (χ1) is 13.0. The van der Waals surface area contributed by atoms with E-state index >= 15 is 0 Å². The summed E-state index contributed by atoms with van der Waals surface area (Å²) in [4.78, 5) is 19.7. The summed E-state index contributed by atoms with van der Waals surface area (Å²) in [5.41, 5.74) is 1.97. The molecule has 2 aromatic heterocycles. The van der Waals surface area contributed by atoms with E-state index in [1.54, 1.807) is 54.6 Å². The number of benzene rings is 2. The summed E-state index contributed by atoms with van der Waals surface area (Å²) in [6.07, 6.45) is 1.44. The molecule has 134 valence electrons. The summed E-state index contributed by atoms with van der Waals surface area (Å²) in [6.45, 7) is 0. The standard InChI is InChI=1S/C21H16N2O3S/c24-20-13-19(23-18-11-5-4-9-16(18)20)17-10-6-12-22-21(17)27(25,26)14-15-7-2-1-3-8-15/h1-13H,14H2,(H,23,24). The number of aromatic nitrogens is 2. The van der Waals surface area contributed by atoms with Crippen LogP contribution >= 0.6 is 0 Å². The summed E-state index contributed by atoms with van der Waals surface area (Å²) >= 11 is 0. The van der Waals surface area contributed by atoms with E-state index in [4.69, 9.17) is 0 Å². The van der Waals surface area contributed by atoms with E-state index < -0.39 is 9.84 Å². The average Bonchev–Trinajstić information content (AvgIpc) is 2.68. The number of aromatic amines is 1. The van der Waals surface area contributed by atoms with E-state index in [1.165, 1.54) is 12.3 Å². The van der Waals surface area contributed by atoms with Crippen molar-refractivity contribution in [2.75, 3.05) is 0 Å². The lowest BCUT2D eigenvalue weighted by Crippen LogP contribution is -2.10. The normalized spacial score (nSPS) is 11.6. The van der Waals surface area contributed by atoms with Crippen molar-refractivity contribution >= 4 is 20.7 Å². The molecule has 0 aliphatic rings. The molecule has 4 aromatic rings. The van der Waals surface area contributed by atoms with Crippen molar-refractivity contribution in [1.29, 1.82) is 0 Å². The molecule has 0 atom stereocenters. The Morgan fingerprint density at radius 2 is 1.63 bits per heavy atom. The first kappa shape index (κ1) is 17.2. The second-order valence-electron chi connectivity index (χ2n) is 6.19. The highest BCUT2D eigenvalue weighted by atomic mass is 32.2. The highest BCUT2D eigenvalue weighted by Crippen LogP contribution is 2.26. The van der Waals surface area contributed by atoms with Gasteiger partial charge >= 0.3 is 0 Å². The minimum Gasteiger partial charge on any atom is -0.354 e. The van der Waals surface area contributed by atoms with Gasteiger partial charge in [-0.25, -0.2) is 13.4 Å². The zero-order chi connectivity index (χ0) is 18.9. The molecule has 0 saturated carbocycles. The van der Waals surface area contributed by atoms with Gasteiger partial charge in [-0.05, 0) is 29.8 Å². The van der Waals surface area contributed by atoms with E-state index in [0.29, 0.717) is 27.7 Å². The lowest BCUT2D eigenvalue weighted by molar-refractivity contribution is 0.592. The van der Waals surface area contributed by atoms with Gasteiger partial charge in [0.2, 0.25) is 0 Å². The molecule has 0 spiro atoms. The minimum atomic E-state index is -3.69. The fraction of sp³-hybridized carbons (Fsp3) is 0.0476. The van der Waals surface area contributed by atoms with Crippen LogP contribution in [0.4, 0.5) is 0 Å². The van der Waals surface area contributed by atoms with Crippen molar-refractivity contribution in [3.05, 3.63) is 94.8 Å². The van der Waals surface area contributed by atoms with Crippen LogP contribution in [0.2, 0.25) is 0 Å². The summed E-state index contributed by atoms with van der Waals surface area (Å²) in [5, 5.41) is 0.513. The third-order valence-electron chi connectivity index (χ3n) is 4.29. The molecule has 5 nitrogen and oxygen atoms in total. The number of nitrogens with zero attached hydrogens (tertiary/aromatic N) is 1. The highest BCUT2D eigenvalue weighted by Gasteiger charge is 2.22. The zero-order valence-electron chi connectivity index (χ0n) is 14.3. The summed E-state index contributed by atoms with van der Waals surface area (Å²) in [5.74, 6) is -0.157. The van der Waals surface area contributed by atoms with Crippen molar-refractivity contribution < 1.29 is 8.42 Å². The third-order valence-corrected chi connectivity index (χ3v) is 5.92. The fourth-order valence-electron chi connectivity index (χ4n) is 3.05. The molecular formula is C21H16N2O3S. The van der Waals surface area contributed by atoms with Gasteiger partial charge in [0.05, 0.1) is 11.4 Å². The van der Waals surface area contributed by atoms with Crippen molar-refractivity contribution in [3.63, 3.8) is 0 Å². The molecule has 0 aliphatic carbocycles. The predicted octanol–water partition coefficient (Wildman–Crippen LogP) is 3.56. The number of hydrogen-bond acceptors (Lipinski definition) is 4. The van der Waals surface area contributed by atoms with E-state index in [9.17, 15) is 13.2 Å². The Balaban J connectivity index is 1.86. The number of pyridine rings is 2. The lowest BCUT2D eigenvalue weighted by atomic mass is 10.1. The van der Waals surface area contributed by atoms with Crippen LogP contribution in [0.5, 0.6) is 0 Å². The number of para-hydroxylation sites is 1. The lowest BCUT2D eigenvalue weighted by Gasteiger charge is -2.10. The molecule has 1 N–H and O–H groups in total. The molecule has 0 radical (unpaired) electrons. The predicted molar refractivity (Wildman–Crippen MR) is 105 cm³/mol. The van der Waals surface area contributed by atoms with Gasteiger partial charge < -0.3 is 4.98 Å². The van der Waals surface area contributed by atoms with Gasteiger partial charge in [0.25, 0.3) is 0 Å². The minimum absolute atomic E-state index is 0.0419. The molecular weight excluding hydrogens is 360 g/mol. The number of hydrogen-bond donors (Lipinski definition) is 1. The summed E-state index contributed by atoms with van der Waals surface area (Å²) in [7, 11) is -3.69. The number of fused-ring (bicyclic) bond motifs is 1. The maximum absolute atomic E-state index is 13.0. The maximum Gasteiger partial charge on any atom is 0.200 e. The molecule has 2 aromatic carbocycles. The van der Waals surface area contributed by atoms with E-state index in [-0.39, 0.29) is 16.2 Å². The third kappa shape index (κ3) is 3.39. The van der Waals surface area contributed by atoms with Gasteiger partial charge in [-0.1, -0.05) is 42.5 Å². The number of sulfone groups is 1. The molecule has 0 fully saturated rings. The topological polar surface area (TPSA) is 79.9 Å². The summed E-state index contributed by atoms with van der Waals surface area (Å²) < 4.78 is 26.0. The first-order valence-electron chi connectivity index (χ1n) is 8.39. The maximum atomic E-state index is 13.0. The number of rotatable bonds is 4. The largest absolute Gasteiger partial charge is 0.354 e. The van der Waals surface area contributed by atoms with Crippen molar-refractivity contribution in [3.8, 4) is 11.3 Å². The fourth-order valence-corrected chi connectivity index (χ4v) is 4.55. The van der Waals surface area contributed by atoms with Gasteiger partial charge in [0, 0.05) is 28.7 Å². The van der Waals surface area contributed by atoms with Crippen molar-refractivity contribution in [2.45, 2.75) is 10.8 Å². The molecule has 2 heterocycles. The van der Waals surface area contributed by atoms with Gasteiger partial charge in [-0.3, -0.25) is 4.79 Å². The van der Waals surface area contributed by atoms with Gasteiger partial charge in [-0.2, -0.15) is 0 Å². The van der Waals surface area contributed by atoms with Crippen LogP contribution in [0.1, 0.15) is 5.56 Å². The monoisotopic (exact) mass is 376 g/mol. The van der Waals surface area contributed by atoms with Crippen LogP contribution in [-0.2, 0) is 15.6 Å². The Labute approximate surface area is 156 Å². The molecule has 0 aliphatic heterocycles. The Kier molecular flexibility index (Phi) is 4.33. The van der Waals surface area contributed by atoms with Crippen molar-refractivity contribution in [1.82, 2.24) is 9.97 Å². The van der Waals surface area contributed by atoms with Crippen LogP contribution < -0.4 is 5.43 Å². The molecule has 6 heteroatoms. The smallest absolute Gasteiger partial charge is 0.200 e. The van der Waals surface area contributed by atoms with E-state index in [1.807, 2.05) is 12.1 Å². The number of nitrogens with one attached hydrogen (secondary N) is 1. The van der Waals surface area contributed by atoms with Crippen LogP contribution in [0.15, 0.2) is 88.8 Å². The Bertz CT molecular complexity index is 1280. The van der Waals surface area contributed by atoms with Crippen LogP contribution in [0, 0.1) is 0 Å². The van der Waals surface area contributed by atoms with Crippen LogP contribution in [-0.4, -0.2) is 18.4 Å². The molecule has 4 rings (SSSR count). The Morgan fingerprint density at radius 1 is 0.889 bits per heavy atom. The number of H-pyrrole nitrogens is 1. The highest BCUT2D eigenvalue weighted by molar-refractivity contribution is 7.90. The van der Waals surface area contributed by atoms with E-state index in [0.717, 1.165) is 0 Å². The van der Waals surface area contributed by atoms with Crippen molar-refractivity contribution in [2.24, 2.45) is 0 Å². The van der Waals surface area contributed by atoms with Gasteiger partial charge in [0.1, 0.15) is 0 Å². The van der Waals surface area contributed by atoms with Gasteiger partial charge in [0.15, 0.2) is 20.3 Å². The Hall–Kier alpha value is -3.25. The second kappa shape index (κ2) is 6.81. The molecule has 0 unspecified atom stereocenters. The average molecular weight is 376 g/mol. The van der Waals surface area contributed by atoms with E-state index in [2.05, 4.69) is 9.97 Å². The van der Waals surface area contributed by atoms with Crippen LogP contribution in [0.3, 0.4) is 0 Å². The van der Waals surface area contributed by atoms with Crippen LogP contribution in [0.25, 0.3) is 22.2 Å². The molecule has 0 saturated heterocycles. The quantitative estimate of drug-likeness (QED) is 0.590. The van der Waals surface area contributed by atoms with Gasteiger partial charge in [-0.15, -0.1) is 0 Å². The Morgan fingerprint density at radius 3 is 2.44 bits per heavy atom. The second-order valence-corrected chi connectivity index (χ2v) is 8.10. The molecule has 0 bridgehead atoms. The molecule has 0 amide bonds. The summed E-state index contributed by atoms with van der Waals surface area (Å²) in [6, 6.07) is 20.8. The first-order valence-corrected chi connectivity index (χ1v) is 10.0. The zero-order valence-corrected chi connectivity index (χ0v) is 15.1. The SMILES string of the molecule is O=c1cc(-c2cccnc2S(=O)(=O)Cc2ccccc2)[nH]c2ccccc12. The molecule has 27 heavy (non-hydrogen) atoms.